The minimum Gasteiger partial charge on any atom is -0.481 e. The molecule has 0 fully saturated rings. The van der Waals surface area contributed by atoms with Gasteiger partial charge in [0.25, 0.3) is 5.95 Å². The third-order valence-electron chi connectivity index (χ3n) is 0.387. The normalized spacial score (nSPS) is 6.43. The van der Waals surface area contributed by atoms with Gasteiger partial charge in [-0.1, -0.05) is 6.92 Å². The highest BCUT2D eigenvalue weighted by atomic mass is 16.5. The Balaban J connectivity index is 0. The Kier molecular flexibility index (Phi) is 7.25. The van der Waals surface area contributed by atoms with Gasteiger partial charge in [-0.15, -0.1) is 0 Å². The smallest absolute Gasteiger partial charge is 0.269 e. The lowest BCUT2D eigenvalue weighted by atomic mass is 10.5. The highest BCUT2D eigenvalue weighted by molar-refractivity contribution is 4.75. The first-order valence-corrected chi connectivity index (χ1v) is 1.85. The highest BCUT2D eigenvalue weighted by Crippen LogP contribution is 1.81. The van der Waals surface area contributed by atoms with Gasteiger partial charge in [0.05, 0.1) is 0 Å². The Bertz CT molecular complexity index is 54.0. The Morgan fingerprint density at radius 1 is 1.57 bits per heavy atom. The molecule has 0 aromatic carbocycles. The molecule has 0 rings (SSSR count). The summed E-state index contributed by atoms with van der Waals surface area (Å²) < 4.78 is 0. The molecule has 0 aliphatic heterocycles. The van der Waals surface area contributed by atoms with Gasteiger partial charge in [0.1, 0.15) is 0 Å². The van der Waals surface area contributed by atoms with Crippen LogP contribution in [0.15, 0.2) is 12.0 Å². The molecule has 0 radical (unpaired) electrons. The maximum absolute atomic E-state index is 7.97. The monoisotopic (exact) mass is 106 g/mol. The summed E-state index contributed by atoms with van der Waals surface area (Å²) in [6, 6.07) is 0. The van der Waals surface area contributed by atoms with Crippen LogP contribution in [0.1, 0.15) is 13.3 Å². The topological polar surface area (TPSA) is 72.0 Å². The lowest BCUT2D eigenvalue weighted by molar-refractivity contribution is 0.189. The first-order valence-electron chi connectivity index (χ1n) is 1.85. The van der Waals surface area contributed by atoms with E-state index in [0.29, 0.717) is 6.42 Å². The minimum absolute atomic E-state index is 0. The molecular formula is C4H10O3. The first-order chi connectivity index (χ1) is 2.77. The number of aliphatic hydroxyl groups is 2. The third kappa shape index (κ3) is 10.9. The van der Waals surface area contributed by atoms with Gasteiger partial charge in [0.15, 0.2) is 0 Å². The van der Waals surface area contributed by atoms with E-state index in [1.165, 1.54) is 6.08 Å². The number of aliphatic hydroxyl groups excluding tert-OH is 1. The quantitative estimate of drug-likeness (QED) is 0.478. The van der Waals surface area contributed by atoms with E-state index in [9.17, 15) is 0 Å². The van der Waals surface area contributed by atoms with Crippen LogP contribution in [0.3, 0.4) is 0 Å². The average molecular weight is 106 g/mol. The van der Waals surface area contributed by atoms with Crippen molar-refractivity contribution in [1.29, 1.82) is 0 Å². The summed E-state index contributed by atoms with van der Waals surface area (Å²) >= 11 is 0. The Labute approximate surface area is 42.2 Å². The van der Waals surface area contributed by atoms with Crippen molar-refractivity contribution in [1.82, 2.24) is 0 Å². The fraction of sp³-hybridized carbons (Fsp3) is 0.500. The molecule has 0 saturated carbocycles. The maximum Gasteiger partial charge on any atom is 0.269 e. The van der Waals surface area contributed by atoms with Gasteiger partial charge >= 0.3 is 0 Å². The molecule has 0 amide bonds. The molecule has 0 unspecified atom stereocenters. The van der Waals surface area contributed by atoms with Crippen molar-refractivity contribution in [2.75, 3.05) is 0 Å². The van der Waals surface area contributed by atoms with Gasteiger partial charge in [0, 0.05) is 0 Å². The van der Waals surface area contributed by atoms with Crippen LogP contribution in [0.5, 0.6) is 0 Å². The van der Waals surface area contributed by atoms with Crippen LogP contribution in [0.25, 0.3) is 0 Å². The van der Waals surface area contributed by atoms with Crippen LogP contribution in [0.4, 0.5) is 0 Å². The molecule has 0 spiro atoms. The van der Waals surface area contributed by atoms with E-state index in [-0.39, 0.29) is 5.48 Å². The van der Waals surface area contributed by atoms with Crippen molar-refractivity contribution >= 4 is 0 Å². The van der Waals surface area contributed by atoms with E-state index >= 15 is 0 Å². The molecule has 3 heteroatoms. The van der Waals surface area contributed by atoms with Crippen molar-refractivity contribution in [3.63, 3.8) is 0 Å². The van der Waals surface area contributed by atoms with Gasteiger partial charge in [-0.25, -0.2) is 0 Å². The second-order valence-corrected chi connectivity index (χ2v) is 0.971. The minimum atomic E-state index is -0.586. The third-order valence-corrected chi connectivity index (χ3v) is 0.387. The zero-order chi connectivity index (χ0) is 4.99. The highest BCUT2D eigenvalue weighted by Gasteiger charge is 1.73. The van der Waals surface area contributed by atoms with E-state index in [1.807, 2.05) is 6.92 Å². The zero-order valence-electron chi connectivity index (χ0n) is 4.18. The lowest BCUT2D eigenvalue weighted by Gasteiger charge is -1.79. The molecule has 0 atom stereocenters. The number of allylic oxidation sites excluding steroid dienone is 1. The van der Waals surface area contributed by atoms with Gasteiger partial charge in [-0.2, -0.15) is 0 Å². The van der Waals surface area contributed by atoms with Crippen molar-refractivity contribution in [2.45, 2.75) is 13.3 Å². The van der Waals surface area contributed by atoms with Crippen molar-refractivity contribution < 1.29 is 15.7 Å². The summed E-state index contributed by atoms with van der Waals surface area (Å²) in [5.41, 5.74) is 0. The molecule has 0 saturated heterocycles. The fourth-order valence-corrected chi connectivity index (χ4v) is 0.183. The first kappa shape index (κ1) is 9.57. The van der Waals surface area contributed by atoms with Gasteiger partial charge in [-0.3, -0.25) is 0 Å². The average Bonchev–Trinajstić information content (AvgIpc) is 1.35. The van der Waals surface area contributed by atoms with Gasteiger partial charge in [0.2, 0.25) is 0 Å². The van der Waals surface area contributed by atoms with E-state index in [0.717, 1.165) is 0 Å². The van der Waals surface area contributed by atoms with E-state index < -0.39 is 5.95 Å². The SMILES string of the molecule is CCC=C(O)O.O. The second kappa shape index (κ2) is 5.30. The van der Waals surface area contributed by atoms with Crippen molar-refractivity contribution in [2.24, 2.45) is 0 Å². The van der Waals surface area contributed by atoms with E-state index in [1.54, 1.807) is 0 Å². The fourth-order valence-electron chi connectivity index (χ4n) is 0.183. The van der Waals surface area contributed by atoms with Crippen molar-refractivity contribution in [3.8, 4) is 0 Å². The van der Waals surface area contributed by atoms with Crippen LogP contribution in [0.2, 0.25) is 0 Å². The predicted octanol–water partition coefficient (Wildman–Crippen LogP) is 0.529. The predicted molar refractivity (Wildman–Crippen MR) is 27.2 cm³/mol. The Hall–Kier alpha value is -0.700. The molecule has 0 bridgehead atoms. The Morgan fingerprint density at radius 3 is 2.00 bits per heavy atom. The van der Waals surface area contributed by atoms with Gasteiger partial charge in [-0.05, 0) is 12.5 Å². The summed E-state index contributed by atoms with van der Waals surface area (Å²) in [7, 11) is 0. The van der Waals surface area contributed by atoms with Crippen LogP contribution in [-0.2, 0) is 0 Å². The zero-order valence-corrected chi connectivity index (χ0v) is 4.18. The number of hydrogen-bond donors (Lipinski definition) is 2. The molecule has 7 heavy (non-hydrogen) atoms. The second-order valence-electron chi connectivity index (χ2n) is 0.971. The number of rotatable bonds is 1. The van der Waals surface area contributed by atoms with Crippen LogP contribution in [-0.4, -0.2) is 15.7 Å². The maximum atomic E-state index is 7.97. The number of hydrogen-bond acceptors (Lipinski definition) is 2. The molecule has 3 nitrogen and oxygen atoms in total. The van der Waals surface area contributed by atoms with Crippen LogP contribution in [0, 0.1) is 0 Å². The molecule has 0 aromatic heterocycles. The van der Waals surface area contributed by atoms with E-state index in [2.05, 4.69) is 0 Å². The lowest BCUT2D eigenvalue weighted by Crippen LogP contribution is -1.71. The molecule has 0 aliphatic rings. The Morgan fingerprint density at radius 2 is 2.00 bits per heavy atom. The summed E-state index contributed by atoms with van der Waals surface area (Å²) in [5.74, 6) is -0.586. The van der Waals surface area contributed by atoms with E-state index in [4.69, 9.17) is 10.2 Å². The largest absolute Gasteiger partial charge is 0.481 e. The standard InChI is InChI=1S/C4H8O2.H2O/c1-2-3-4(5)6;/h3,5-6H,2H2,1H3;1H2. The van der Waals surface area contributed by atoms with Gasteiger partial charge < -0.3 is 15.7 Å². The molecule has 4 N–H and O–H groups in total. The van der Waals surface area contributed by atoms with Crippen LogP contribution >= 0.6 is 0 Å². The molecular weight excluding hydrogens is 96.0 g/mol. The molecule has 0 heterocycles. The summed E-state index contributed by atoms with van der Waals surface area (Å²) in [6.45, 7) is 1.83. The van der Waals surface area contributed by atoms with Crippen molar-refractivity contribution in [3.05, 3.63) is 12.0 Å². The molecule has 44 valence electrons. The molecule has 0 aliphatic carbocycles. The summed E-state index contributed by atoms with van der Waals surface area (Å²) in [5, 5.41) is 15.9. The van der Waals surface area contributed by atoms with Crippen LogP contribution < -0.4 is 0 Å². The summed E-state index contributed by atoms with van der Waals surface area (Å²) in [6.07, 6.45) is 1.99. The summed E-state index contributed by atoms with van der Waals surface area (Å²) in [4.78, 5) is 0. The molecule has 0 aromatic rings.